The van der Waals surface area contributed by atoms with Gasteiger partial charge in [-0.2, -0.15) is 5.10 Å². The second kappa shape index (κ2) is 6.78. The molecule has 0 radical (unpaired) electrons. The highest BCUT2D eigenvalue weighted by atomic mass is 16.3. The van der Waals surface area contributed by atoms with E-state index in [9.17, 15) is 9.90 Å². The third kappa shape index (κ3) is 3.68. The predicted octanol–water partition coefficient (Wildman–Crippen LogP) is 0.934. The summed E-state index contributed by atoms with van der Waals surface area (Å²) in [7, 11) is 0. The zero-order valence-corrected chi connectivity index (χ0v) is 13.1. The number of aryl methyl sites for hydroxylation is 2. The number of carbonyl (C=O) groups is 1. The molecule has 3 N–H and O–H groups in total. The first-order valence-corrected chi connectivity index (χ1v) is 7.79. The molecule has 23 heavy (non-hydrogen) atoms. The van der Waals surface area contributed by atoms with E-state index in [-0.39, 0.29) is 18.7 Å². The molecule has 0 saturated carbocycles. The Morgan fingerprint density at radius 1 is 1.43 bits per heavy atom. The largest absolute Gasteiger partial charge is 0.394 e. The summed E-state index contributed by atoms with van der Waals surface area (Å²) in [6.45, 7) is 2.35. The average Bonchev–Trinajstić information content (AvgIpc) is 2.92. The number of hydrogen-bond acceptors (Lipinski definition) is 4. The van der Waals surface area contributed by atoms with Gasteiger partial charge in [0.05, 0.1) is 25.2 Å². The van der Waals surface area contributed by atoms with Crippen molar-refractivity contribution in [3.8, 4) is 0 Å². The van der Waals surface area contributed by atoms with E-state index >= 15 is 0 Å². The quantitative estimate of drug-likeness (QED) is 0.783. The summed E-state index contributed by atoms with van der Waals surface area (Å²) >= 11 is 0. The van der Waals surface area contributed by atoms with Crippen molar-refractivity contribution in [2.24, 2.45) is 0 Å². The number of aliphatic hydroxyl groups excluding tert-OH is 1. The normalized spacial score (nSPS) is 18.1. The van der Waals surface area contributed by atoms with E-state index in [1.807, 2.05) is 41.9 Å². The van der Waals surface area contributed by atoms with Crippen LogP contribution in [0.4, 0.5) is 4.79 Å². The molecule has 2 atom stereocenters. The fourth-order valence-electron chi connectivity index (χ4n) is 2.86. The number of aliphatic hydroxyl groups is 1. The minimum absolute atomic E-state index is 0.0127. The first-order valence-electron chi connectivity index (χ1n) is 7.79. The molecule has 7 heteroatoms. The number of carbonyl (C=O) groups excluding carboxylic acids is 1. The topological polar surface area (TPSA) is 92.1 Å². The van der Waals surface area contributed by atoms with E-state index < -0.39 is 6.04 Å². The number of nitrogens with zero attached hydrogens (tertiary/aromatic N) is 3. The van der Waals surface area contributed by atoms with Gasteiger partial charge in [-0.15, -0.1) is 0 Å². The van der Waals surface area contributed by atoms with Crippen LogP contribution in [0.5, 0.6) is 0 Å². The molecule has 2 heterocycles. The SMILES string of the molecule is Cc1nc2n(n1)CC(NC(=O)NC(CO)c1ccccc1)CC2. The second-order valence-electron chi connectivity index (χ2n) is 5.76. The summed E-state index contributed by atoms with van der Waals surface area (Å²) in [6, 6.07) is 8.75. The van der Waals surface area contributed by atoms with Gasteiger partial charge < -0.3 is 15.7 Å². The van der Waals surface area contributed by atoms with E-state index in [0.29, 0.717) is 6.54 Å². The lowest BCUT2D eigenvalue weighted by Gasteiger charge is -2.25. The van der Waals surface area contributed by atoms with Gasteiger partial charge in [-0.1, -0.05) is 30.3 Å². The molecule has 2 aromatic rings. The summed E-state index contributed by atoms with van der Waals surface area (Å²) in [4.78, 5) is 16.5. The van der Waals surface area contributed by atoms with Gasteiger partial charge in [-0.25, -0.2) is 14.5 Å². The van der Waals surface area contributed by atoms with Crippen LogP contribution in [0.15, 0.2) is 30.3 Å². The van der Waals surface area contributed by atoms with Crippen molar-refractivity contribution in [3.63, 3.8) is 0 Å². The fraction of sp³-hybridized carbons (Fsp3) is 0.438. The highest BCUT2D eigenvalue weighted by molar-refractivity contribution is 5.74. The van der Waals surface area contributed by atoms with Gasteiger partial charge >= 0.3 is 6.03 Å². The lowest BCUT2D eigenvalue weighted by molar-refractivity contribution is 0.210. The lowest BCUT2D eigenvalue weighted by Crippen LogP contribution is -2.47. The van der Waals surface area contributed by atoms with E-state index in [0.717, 1.165) is 30.1 Å². The van der Waals surface area contributed by atoms with Crippen LogP contribution in [0.25, 0.3) is 0 Å². The van der Waals surface area contributed by atoms with Crippen LogP contribution in [0, 0.1) is 6.92 Å². The number of nitrogens with one attached hydrogen (secondary N) is 2. The van der Waals surface area contributed by atoms with Gasteiger partial charge in [0.1, 0.15) is 11.6 Å². The monoisotopic (exact) mass is 315 g/mol. The molecule has 0 saturated heterocycles. The van der Waals surface area contributed by atoms with Crippen LogP contribution < -0.4 is 10.6 Å². The molecule has 3 rings (SSSR count). The van der Waals surface area contributed by atoms with Crippen molar-refractivity contribution in [1.29, 1.82) is 0 Å². The molecule has 2 amide bonds. The minimum atomic E-state index is -0.413. The number of rotatable bonds is 4. The summed E-state index contributed by atoms with van der Waals surface area (Å²) in [6.07, 6.45) is 1.63. The molecule has 1 aromatic heterocycles. The summed E-state index contributed by atoms with van der Waals surface area (Å²) in [5.41, 5.74) is 0.878. The van der Waals surface area contributed by atoms with Crippen molar-refractivity contribution >= 4 is 6.03 Å². The van der Waals surface area contributed by atoms with Crippen LogP contribution in [0.1, 0.15) is 29.7 Å². The number of hydrogen-bond donors (Lipinski definition) is 3. The van der Waals surface area contributed by atoms with Crippen molar-refractivity contribution < 1.29 is 9.90 Å². The van der Waals surface area contributed by atoms with E-state index in [1.54, 1.807) is 0 Å². The Morgan fingerprint density at radius 3 is 2.96 bits per heavy atom. The Bertz CT molecular complexity index is 670. The highest BCUT2D eigenvalue weighted by Crippen LogP contribution is 2.14. The van der Waals surface area contributed by atoms with Crippen molar-refractivity contribution in [3.05, 3.63) is 47.5 Å². The van der Waals surface area contributed by atoms with Crippen LogP contribution in [0.3, 0.4) is 0 Å². The Balaban J connectivity index is 1.57. The van der Waals surface area contributed by atoms with Crippen molar-refractivity contribution in [1.82, 2.24) is 25.4 Å². The second-order valence-corrected chi connectivity index (χ2v) is 5.76. The van der Waals surface area contributed by atoms with E-state index in [4.69, 9.17) is 0 Å². The molecule has 0 aliphatic carbocycles. The van der Waals surface area contributed by atoms with E-state index in [2.05, 4.69) is 20.7 Å². The molecule has 1 aromatic carbocycles. The highest BCUT2D eigenvalue weighted by Gasteiger charge is 2.23. The summed E-state index contributed by atoms with van der Waals surface area (Å²) in [5.74, 6) is 1.73. The third-order valence-electron chi connectivity index (χ3n) is 3.99. The van der Waals surface area contributed by atoms with Crippen LogP contribution in [-0.2, 0) is 13.0 Å². The number of amides is 2. The number of benzene rings is 1. The number of aromatic nitrogens is 3. The Morgan fingerprint density at radius 2 is 2.22 bits per heavy atom. The van der Waals surface area contributed by atoms with Crippen molar-refractivity contribution in [2.75, 3.05) is 6.61 Å². The minimum Gasteiger partial charge on any atom is -0.394 e. The van der Waals surface area contributed by atoms with Crippen LogP contribution in [-0.4, -0.2) is 38.6 Å². The molecule has 1 aliphatic heterocycles. The number of fused-ring (bicyclic) bond motifs is 1. The first kappa shape index (κ1) is 15.5. The maximum Gasteiger partial charge on any atom is 0.315 e. The Hall–Kier alpha value is -2.41. The van der Waals surface area contributed by atoms with E-state index in [1.165, 1.54) is 0 Å². The first-order chi connectivity index (χ1) is 11.2. The van der Waals surface area contributed by atoms with Gasteiger partial charge in [-0.3, -0.25) is 0 Å². The fourth-order valence-corrected chi connectivity index (χ4v) is 2.86. The Labute approximate surface area is 134 Å². The zero-order valence-electron chi connectivity index (χ0n) is 13.1. The van der Waals surface area contributed by atoms with Crippen LogP contribution >= 0.6 is 0 Å². The van der Waals surface area contributed by atoms with Gasteiger partial charge in [0.2, 0.25) is 0 Å². The van der Waals surface area contributed by atoms with Gasteiger partial charge in [0.25, 0.3) is 0 Å². The summed E-state index contributed by atoms with van der Waals surface area (Å²) < 4.78 is 1.85. The maximum absolute atomic E-state index is 12.2. The molecule has 0 fully saturated rings. The third-order valence-corrected chi connectivity index (χ3v) is 3.99. The molecule has 122 valence electrons. The standard InChI is InChI=1S/C16H21N5O2/c1-11-17-15-8-7-13(9-21(15)20-11)18-16(23)19-14(10-22)12-5-3-2-4-6-12/h2-6,13-14,22H,7-10H2,1H3,(H2,18,19,23). The van der Waals surface area contributed by atoms with Gasteiger partial charge in [0, 0.05) is 6.42 Å². The Kier molecular flexibility index (Phi) is 4.57. The molecule has 0 bridgehead atoms. The lowest BCUT2D eigenvalue weighted by atomic mass is 10.1. The van der Waals surface area contributed by atoms with Gasteiger partial charge in [0.15, 0.2) is 0 Å². The van der Waals surface area contributed by atoms with Gasteiger partial charge in [-0.05, 0) is 18.9 Å². The zero-order chi connectivity index (χ0) is 16.2. The molecule has 7 nitrogen and oxygen atoms in total. The molecular formula is C16H21N5O2. The molecular weight excluding hydrogens is 294 g/mol. The molecule has 2 unspecified atom stereocenters. The molecule has 0 spiro atoms. The maximum atomic E-state index is 12.2. The van der Waals surface area contributed by atoms with Crippen molar-refractivity contribution in [2.45, 2.75) is 38.4 Å². The molecule has 1 aliphatic rings. The smallest absolute Gasteiger partial charge is 0.315 e. The number of urea groups is 1. The predicted molar refractivity (Wildman–Crippen MR) is 84.8 cm³/mol. The average molecular weight is 315 g/mol. The van der Waals surface area contributed by atoms with Crippen LogP contribution in [0.2, 0.25) is 0 Å². The summed E-state index contributed by atoms with van der Waals surface area (Å²) in [5, 5.41) is 19.6.